The van der Waals surface area contributed by atoms with E-state index < -0.39 is 0 Å². The molecule has 28 heavy (non-hydrogen) atoms. The number of rotatable bonds is 5. The number of morpholine rings is 1. The SMILES string of the molecule is CC(Nc1cccc(F)c1)c1cc(CO)cc2ncc(N3CCOCC3)nc12. The number of benzene rings is 2. The molecule has 1 atom stereocenters. The first-order chi connectivity index (χ1) is 13.6. The summed E-state index contributed by atoms with van der Waals surface area (Å²) in [4.78, 5) is 11.6. The van der Waals surface area contributed by atoms with E-state index in [9.17, 15) is 9.50 Å². The minimum atomic E-state index is -0.291. The van der Waals surface area contributed by atoms with Crippen molar-refractivity contribution in [1.82, 2.24) is 9.97 Å². The number of aliphatic hydroxyl groups is 1. The van der Waals surface area contributed by atoms with E-state index in [1.165, 1.54) is 12.1 Å². The molecular formula is C21H23FN4O2. The maximum atomic E-state index is 13.5. The number of aliphatic hydroxyl groups excluding tert-OH is 1. The van der Waals surface area contributed by atoms with Gasteiger partial charge in [-0.3, -0.25) is 4.98 Å². The number of ether oxygens (including phenoxy) is 1. The Labute approximate surface area is 163 Å². The van der Waals surface area contributed by atoms with E-state index in [0.717, 1.165) is 41.1 Å². The van der Waals surface area contributed by atoms with Crippen molar-refractivity contribution in [3.05, 3.63) is 59.5 Å². The first-order valence-electron chi connectivity index (χ1n) is 9.39. The highest BCUT2D eigenvalue weighted by atomic mass is 19.1. The van der Waals surface area contributed by atoms with Gasteiger partial charge >= 0.3 is 0 Å². The lowest BCUT2D eigenvalue weighted by Gasteiger charge is -2.28. The molecule has 3 aromatic rings. The van der Waals surface area contributed by atoms with Crippen LogP contribution in [0.4, 0.5) is 15.9 Å². The van der Waals surface area contributed by atoms with Crippen LogP contribution in [0.15, 0.2) is 42.6 Å². The highest BCUT2D eigenvalue weighted by molar-refractivity contribution is 5.81. The van der Waals surface area contributed by atoms with E-state index >= 15 is 0 Å². The van der Waals surface area contributed by atoms with Gasteiger partial charge in [-0.1, -0.05) is 6.07 Å². The van der Waals surface area contributed by atoms with Crippen LogP contribution in [-0.2, 0) is 11.3 Å². The molecule has 1 saturated heterocycles. The summed E-state index contributed by atoms with van der Waals surface area (Å²) in [5.41, 5.74) is 3.87. The molecule has 0 radical (unpaired) electrons. The minimum Gasteiger partial charge on any atom is -0.392 e. The Morgan fingerprint density at radius 3 is 2.82 bits per heavy atom. The van der Waals surface area contributed by atoms with Gasteiger partial charge in [0.1, 0.15) is 11.6 Å². The summed E-state index contributed by atoms with van der Waals surface area (Å²) in [6.07, 6.45) is 1.77. The van der Waals surface area contributed by atoms with Crippen LogP contribution in [0, 0.1) is 5.82 Å². The molecule has 0 aliphatic carbocycles. The molecule has 146 valence electrons. The van der Waals surface area contributed by atoms with Crippen LogP contribution in [0.3, 0.4) is 0 Å². The molecule has 7 heteroatoms. The van der Waals surface area contributed by atoms with Crippen molar-refractivity contribution in [1.29, 1.82) is 0 Å². The van der Waals surface area contributed by atoms with Gasteiger partial charge in [-0.15, -0.1) is 0 Å². The molecule has 0 amide bonds. The third-order valence-electron chi connectivity index (χ3n) is 4.92. The van der Waals surface area contributed by atoms with Gasteiger partial charge in [-0.2, -0.15) is 0 Å². The predicted octanol–water partition coefficient (Wildman–Crippen LogP) is 3.27. The fourth-order valence-corrected chi connectivity index (χ4v) is 3.46. The normalized spacial score (nSPS) is 15.6. The lowest BCUT2D eigenvalue weighted by atomic mass is 10.0. The summed E-state index contributed by atoms with van der Waals surface area (Å²) in [6.45, 7) is 4.82. The van der Waals surface area contributed by atoms with Gasteiger partial charge in [0.15, 0.2) is 0 Å². The highest BCUT2D eigenvalue weighted by Crippen LogP contribution is 2.28. The summed E-state index contributed by atoms with van der Waals surface area (Å²) < 4.78 is 19.0. The monoisotopic (exact) mass is 382 g/mol. The number of anilines is 2. The van der Waals surface area contributed by atoms with Gasteiger partial charge in [-0.05, 0) is 42.8 Å². The van der Waals surface area contributed by atoms with Crippen LogP contribution >= 0.6 is 0 Å². The maximum absolute atomic E-state index is 13.5. The quantitative estimate of drug-likeness (QED) is 0.706. The summed E-state index contributed by atoms with van der Waals surface area (Å²) in [5, 5.41) is 13.0. The predicted molar refractivity (Wildman–Crippen MR) is 107 cm³/mol. The Hall–Kier alpha value is -2.77. The Morgan fingerprint density at radius 1 is 1.25 bits per heavy atom. The molecule has 4 rings (SSSR count). The molecule has 2 aromatic carbocycles. The number of hydrogen-bond donors (Lipinski definition) is 2. The lowest BCUT2D eigenvalue weighted by molar-refractivity contribution is 0.122. The molecule has 2 heterocycles. The van der Waals surface area contributed by atoms with Gasteiger partial charge in [-0.25, -0.2) is 9.37 Å². The fourth-order valence-electron chi connectivity index (χ4n) is 3.46. The third kappa shape index (κ3) is 3.90. The smallest absolute Gasteiger partial charge is 0.148 e. The van der Waals surface area contributed by atoms with Crippen molar-refractivity contribution in [2.24, 2.45) is 0 Å². The average Bonchev–Trinajstić information content (AvgIpc) is 2.73. The number of nitrogens with one attached hydrogen (secondary N) is 1. The van der Waals surface area contributed by atoms with Crippen LogP contribution in [0.2, 0.25) is 0 Å². The molecule has 1 fully saturated rings. The summed E-state index contributed by atoms with van der Waals surface area (Å²) in [5.74, 6) is 0.521. The van der Waals surface area contributed by atoms with E-state index in [2.05, 4.69) is 15.2 Å². The molecule has 0 spiro atoms. The Kier molecular flexibility index (Phi) is 5.36. The minimum absolute atomic E-state index is 0.0808. The van der Waals surface area contributed by atoms with Crippen molar-refractivity contribution in [2.75, 3.05) is 36.5 Å². The van der Waals surface area contributed by atoms with Gasteiger partial charge in [0.2, 0.25) is 0 Å². The van der Waals surface area contributed by atoms with Gasteiger partial charge in [0.05, 0.1) is 43.1 Å². The second kappa shape index (κ2) is 8.08. The fraction of sp³-hybridized carbons (Fsp3) is 0.333. The number of fused-ring (bicyclic) bond motifs is 1. The van der Waals surface area contributed by atoms with Gasteiger partial charge in [0, 0.05) is 24.3 Å². The molecule has 2 N–H and O–H groups in total. The molecule has 1 unspecified atom stereocenters. The first-order valence-corrected chi connectivity index (χ1v) is 9.39. The molecule has 1 aromatic heterocycles. The molecule has 0 bridgehead atoms. The Bertz CT molecular complexity index is 976. The van der Waals surface area contributed by atoms with Crippen molar-refractivity contribution < 1.29 is 14.2 Å². The van der Waals surface area contributed by atoms with Crippen LogP contribution in [-0.4, -0.2) is 41.4 Å². The standard InChI is InChI=1S/C21H23FN4O2/c1-14(24-17-4-2-3-16(22)11-17)18-9-15(13-27)10-19-21(18)25-20(12-23-19)26-5-7-28-8-6-26/h2-4,9-12,14,24,27H,5-8,13H2,1H3. The highest BCUT2D eigenvalue weighted by Gasteiger charge is 2.17. The van der Waals surface area contributed by atoms with Crippen molar-refractivity contribution in [3.63, 3.8) is 0 Å². The number of aromatic nitrogens is 2. The van der Waals surface area contributed by atoms with Crippen molar-refractivity contribution in [3.8, 4) is 0 Å². The second-order valence-electron chi connectivity index (χ2n) is 6.91. The molecule has 1 aliphatic heterocycles. The largest absolute Gasteiger partial charge is 0.392 e. The second-order valence-corrected chi connectivity index (χ2v) is 6.91. The summed E-state index contributed by atoms with van der Waals surface area (Å²) in [6, 6.07) is 9.99. The average molecular weight is 382 g/mol. The molecule has 6 nitrogen and oxygen atoms in total. The van der Waals surface area contributed by atoms with Crippen LogP contribution in [0.1, 0.15) is 24.1 Å². The van der Waals surface area contributed by atoms with E-state index in [1.807, 2.05) is 25.1 Å². The van der Waals surface area contributed by atoms with E-state index in [4.69, 9.17) is 9.72 Å². The van der Waals surface area contributed by atoms with Crippen LogP contribution in [0.5, 0.6) is 0 Å². The third-order valence-corrected chi connectivity index (χ3v) is 4.92. The number of nitrogens with zero attached hydrogens (tertiary/aromatic N) is 3. The van der Waals surface area contributed by atoms with E-state index in [-0.39, 0.29) is 18.5 Å². The zero-order chi connectivity index (χ0) is 19.5. The zero-order valence-corrected chi connectivity index (χ0v) is 15.7. The lowest BCUT2D eigenvalue weighted by Crippen LogP contribution is -2.36. The maximum Gasteiger partial charge on any atom is 0.148 e. The molecule has 0 saturated carbocycles. The van der Waals surface area contributed by atoms with Crippen molar-refractivity contribution in [2.45, 2.75) is 19.6 Å². The molecular weight excluding hydrogens is 359 g/mol. The van der Waals surface area contributed by atoms with Gasteiger partial charge < -0.3 is 20.1 Å². The zero-order valence-electron chi connectivity index (χ0n) is 15.7. The Balaban J connectivity index is 1.73. The Morgan fingerprint density at radius 2 is 2.07 bits per heavy atom. The van der Waals surface area contributed by atoms with Crippen LogP contribution in [0.25, 0.3) is 11.0 Å². The number of halogens is 1. The van der Waals surface area contributed by atoms with Crippen molar-refractivity contribution >= 4 is 22.5 Å². The van der Waals surface area contributed by atoms with Crippen LogP contribution < -0.4 is 10.2 Å². The summed E-state index contributed by atoms with van der Waals surface area (Å²) in [7, 11) is 0. The summed E-state index contributed by atoms with van der Waals surface area (Å²) >= 11 is 0. The molecule has 1 aliphatic rings. The first kappa shape index (κ1) is 18.6. The van der Waals surface area contributed by atoms with E-state index in [1.54, 1.807) is 12.3 Å². The topological polar surface area (TPSA) is 70.5 Å². The van der Waals surface area contributed by atoms with E-state index in [0.29, 0.717) is 18.9 Å². The van der Waals surface area contributed by atoms with Gasteiger partial charge in [0.25, 0.3) is 0 Å². The number of hydrogen-bond acceptors (Lipinski definition) is 6.